The number of nitrogens with zero attached hydrogens (tertiary/aromatic N) is 1. The first-order valence-corrected chi connectivity index (χ1v) is 9.75. The Hall–Kier alpha value is -2.86. The number of carbonyl (C=O) groups excluding carboxylic acids is 2. The summed E-state index contributed by atoms with van der Waals surface area (Å²) in [5, 5.41) is 2.73. The van der Waals surface area contributed by atoms with Crippen molar-refractivity contribution < 1.29 is 19.1 Å². The average Bonchev–Trinajstić information content (AvgIpc) is 3.52. The Kier molecular flexibility index (Phi) is 5.30. The first kappa shape index (κ1) is 18.5. The van der Waals surface area contributed by atoms with Crippen LogP contribution in [0.15, 0.2) is 42.5 Å². The highest BCUT2D eigenvalue weighted by molar-refractivity contribution is 6.03. The van der Waals surface area contributed by atoms with Gasteiger partial charge in [-0.2, -0.15) is 0 Å². The van der Waals surface area contributed by atoms with Crippen LogP contribution in [0.4, 0.5) is 21.9 Å². The molecule has 6 nitrogen and oxygen atoms in total. The molecule has 1 saturated carbocycles. The van der Waals surface area contributed by atoms with Crippen molar-refractivity contribution in [2.75, 3.05) is 23.4 Å². The molecule has 146 valence electrons. The van der Waals surface area contributed by atoms with Crippen LogP contribution in [0.25, 0.3) is 0 Å². The molecular weight excluding hydrogens is 356 g/mol. The van der Waals surface area contributed by atoms with Crippen molar-refractivity contribution in [1.82, 2.24) is 0 Å². The first-order chi connectivity index (χ1) is 13.7. The van der Waals surface area contributed by atoms with Gasteiger partial charge in [0.2, 0.25) is 0 Å². The smallest absolute Gasteiger partial charge is 0.411 e. The molecule has 1 N–H and O–H groups in total. The summed E-state index contributed by atoms with van der Waals surface area (Å²) in [5.74, 6) is -0.101. The number of aryl methyl sites for hydroxylation is 2. The number of benzene rings is 2. The Morgan fingerprint density at radius 2 is 1.82 bits per heavy atom. The Balaban J connectivity index is 1.69. The van der Waals surface area contributed by atoms with Gasteiger partial charge in [-0.25, -0.2) is 4.79 Å². The van der Waals surface area contributed by atoms with E-state index in [0.29, 0.717) is 12.3 Å². The molecule has 0 atom stereocenters. The summed E-state index contributed by atoms with van der Waals surface area (Å²) >= 11 is 0. The fraction of sp³-hybridized carbons (Fsp3) is 0.364. The number of hydrogen-bond donors (Lipinski definition) is 1. The molecule has 0 radical (unpaired) electrons. The van der Waals surface area contributed by atoms with Crippen molar-refractivity contribution >= 4 is 29.1 Å². The molecule has 1 aliphatic heterocycles. The summed E-state index contributed by atoms with van der Waals surface area (Å²) in [5.41, 5.74) is 4.43. The van der Waals surface area contributed by atoms with Crippen molar-refractivity contribution in [1.29, 1.82) is 0 Å². The number of anilines is 3. The molecule has 0 spiro atoms. The molecule has 2 aromatic rings. The van der Waals surface area contributed by atoms with Gasteiger partial charge in [-0.1, -0.05) is 24.3 Å². The second-order valence-electron chi connectivity index (χ2n) is 7.06. The van der Waals surface area contributed by atoms with Crippen molar-refractivity contribution in [2.24, 2.45) is 0 Å². The van der Waals surface area contributed by atoms with Crippen molar-refractivity contribution in [3.63, 3.8) is 0 Å². The zero-order valence-electron chi connectivity index (χ0n) is 15.9. The number of carbonyl (C=O) groups is 2. The van der Waals surface area contributed by atoms with Crippen molar-refractivity contribution in [3.05, 3.63) is 53.6 Å². The van der Waals surface area contributed by atoms with Gasteiger partial charge < -0.3 is 9.47 Å². The van der Waals surface area contributed by atoms with Gasteiger partial charge in [0.05, 0.1) is 24.1 Å². The molecule has 1 heterocycles. The first-order valence-electron chi connectivity index (χ1n) is 9.75. The maximum atomic E-state index is 13.1. The predicted octanol–water partition coefficient (Wildman–Crippen LogP) is 4.20. The van der Waals surface area contributed by atoms with Crippen LogP contribution < -0.4 is 10.2 Å². The third kappa shape index (κ3) is 4.02. The normalized spacial score (nSPS) is 15.2. The third-order valence-electron chi connectivity index (χ3n) is 4.96. The quantitative estimate of drug-likeness (QED) is 0.844. The minimum Gasteiger partial charge on any atom is -0.450 e. The second kappa shape index (κ2) is 8.02. The largest absolute Gasteiger partial charge is 0.450 e. The van der Waals surface area contributed by atoms with Gasteiger partial charge in [0.15, 0.2) is 0 Å². The Morgan fingerprint density at radius 1 is 1.07 bits per heavy atom. The van der Waals surface area contributed by atoms with Crippen LogP contribution in [0.5, 0.6) is 0 Å². The van der Waals surface area contributed by atoms with E-state index in [1.807, 2.05) is 36.4 Å². The van der Waals surface area contributed by atoms with Crippen LogP contribution >= 0.6 is 0 Å². The maximum absolute atomic E-state index is 13.1. The van der Waals surface area contributed by atoms with E-state index in [4.69, 9.17) is 9.47 Å². The van der Waals surface area contributed by atoms with E-state index in [1.54, 1.807) is 11.8 Å². The molecule has 1 aliphatic carbocycles. The van der Waals surface area contributed by atoms with Gasteiger partial charge in [0, 0.05) is 5.69 Å². The lowest BCUT2D eigenvalue weighted by molar-refractivity contribution is -0.122. The molecule has 6 heteroatoms. The molecule has 1 fully saturated rings. The van der Waals surface area contributed by atoms with E-state index >= 15 is 0 Å². The number of rotatable bonds is 5. The summed E-state index contributed by atoms with van der Waals surface area (Å²) in [6.45, 7) is 2.11. The van der Waals surface area contributed by atoms with Gasteiger partial charge in [-0.05, 0) is 61.9 Å². The van der Waals surface area contributed by atoms with E-state index in [9.17, 15) is 9.59 Å². The van der Waals surface area contributed by atoms with Crippen LogP contribution in [0.2, 0.25) is 0 Å². The van der Waals surface area contributed by atoms with Crippen LogP contribution in [0, 0.1) is 0 Å². The number of para-hydroxylation sites is 1. The Morgan fingerprint density at radius 3 is 2.57 bits per heavy atom. The number of hydrogen-bond acceptors (Lipinski definition) is 4. The summed E-state index contributed by atoms with van der Waals surface area (Å²) in [6.07, 6.45) is 3.41. The van der Waals surface area contributed by atoms with Crippen molar-refractivity contribution in [3.8, 4) is 0 Å². The topological polar surface area (TPSA) is 67.9 Å². The minimum atomic E-state index is -0.508. The van der Waals surface area contributed by atoms with E-state index in [1.165, 1.54) is 0 Å². The van der Waals surface area contributed by atoms with Crippen LogP contribution in [-0.4, -0.2) is 31.3 Å². The fourth-order valence-corrected chi connectivity index (χ4v) is 3.44. The lowest BCUT2D eigenvalue weighted by Gasteiger charge is -2.25. The Bertz CT molecular complexity index is 892. The zero-order chi connectivity index (χ0) is 19.5. The van der Waals surface area contributed by atoms with E-state index in [0.717, 1.165) is 48.2 Å². The fourth-order valence-electron chi connectivity index (χ4n) is 3.44. The summed E-state index contributed by atoms with van der Waals surface area (Å²) in [4.78, 5) is 26.7. The average molecular weight is 380 g/mol. The minimum absolute atomic E-state index is 0.0496. The summed E-state index contributed by atoms with van der Waals surface area (Å²) < 4.78 is 10.7. The van der Waals surface area contributed by atoms with Crippen LogP contribution in [0.3, 0.4) is 0 Å². The molecule has 2 aromatic carbocycles. The molecule has 0 saturated heterocycles. The van der Waals surface area contributed by atoms with Crippen LogP contribution in [0.1, 0.15) is 30.9 Å². The highest BCUT2D eigenvalue weighted by atomic mass is 16.5. The van der Waals surface area contributed by atoms with Gasteiger partial charge in [0.25, 0.3) is 5.91 Å². The molecule has 0 unspecified atom stereocenters. The SMILES string of the molecule is CCOC(=O)Nc1ccc2c(c1)N(C(=O)COC1CC1)c1ccccc1CC2. The monoisotopic (exact) mass is 380 g/mol. The number of amides is 2. The van der Waals surface area contributed by atoms with E-state index in [-0.39, 0.29) is 18.6 Å². The number of ether oxygens (including phenoxy) is 2. The number of fused-ring (bicyclic) bond motifs is 2. The zero-order valence-corrected chi connectivity index (χ0v) is 15.9. The third-order valence-corrected chi connectivity index (χ3v) is 4.96. The molecule has 0 bridgehead atoms. The molecular formula is C22H24N2O4. The molecule has 28 heavy (non-hydrogen) atoms. The van der Waals surface area contributed by atoms with Gasteiger partial charge in [-0.15, -0.1) is 0 Å². The Labute approximate surface area is 164 Å². The van der Waals surface area contributed by atoms with E-state index < -0.39 is 6.09 Å². The molecule has 2 amide bonds. The van der Waals surface area contributed by atoms with Gasteiger partial charge >= 0.3 is 6.09 Å². The number of nitrogens with one attached hydrogen (secondary N) is 1. The lowest BCUT2D eigenvalue weighted by atomic mass is 10.0. The van der Waals surface area contributed by atoms with E-state index in [2.05, 4.69) is 11.4 Å². The second-order valence-corrected chi connectivity index (χ2v) is 7.06. The van der Waals surface area contributed by atoms with Crippen molar-refractivity contribution in [2.45, 2.75) is 38.7 Å². The lowest BCUT2D eigenvalue weighted by Crippen LogP contribution is -2.31. The highest BCUT2D eigenvalue weighted by Crippen LogP contribution is 2.38. The predicted molar refractivity (Wildman–Crippen MR) is 107 cm³/mol. The summed E-state index contributed by atoms with van der Waals surface area (Å²) in [6, 6.07) is 13.6. The molecule has 2 aliphatic rings. The van der Waals surface area contributed by atoms with Crippen LogP contribution in [-0.2, 0) is 27.1 Å². The standard InChI is InChI=1S/C22H24N2O4/c1-2-27-22(26)23-17-10-9-16-8-7-15-5-3-4-6-19(15)24(20(16)13-17)21(25)14-28-18-11-12-18/h3-6,9-10,13,18H,2,7-8,11-12,14H2,1H3,(H,23,26). The molecule has 4 rings (SSSR count). The van der Waals surface area contributed by atoms with Gasteiger partial charge in [-0.3, -0.25) is 15.0 Å². The molecule has 0 aromatic heterocycles. The highest BCUT2D eigenvalue weighted by Gasteiger charge is 2.29. The maximum Gasteiger partial charge on any atom is 0.411 e. The van der Waals surface area contributed by atoms with Gasteiger partial charge in [0.1, 0.15) is 6.61 Å². The summed E-state index contributed by atoms with van der Waals surface area (Å²) in [7, 11) is 0.